The summed E-state index contributed by atoms with van der Waals surface area (Å²) in [6, 6.07) is 69.3. The van der Waals surface area contributed by atoms with Crippen LogP contribution < -0.4 is 0 Å². The van der Waals surface area contributed by atoms with E-state index in [0.717, 1.165) is 82.9 Å². The summed E-state index contributed by atoms with van der Waals surface area (Å²) in [5.41, 5.74) is 10.6. The Bertz CT molecular complexity index is 3270. The van der Waals surface area contributed by atoms with Crippen LogP contribution in [0.2, 0.25) is 0 Å². The van der Waals surface area contributed by atoms with E-state index in [-0.39, 0.29) is 0 Å². The van der Waals surface area contributed by atoms with Gasteiger partial charge in [0.2, 0.25) is 0 Å². The fourth-order valence-corrected chi connectivity index (χ4v) is 8.09. The summed E-state index contributed by atoms with van der Waals surface area (Å²) < 4.78 is 0. The molecule has 0 N–H and O–H groups in total. The summed E-state index contributed by atoms with van der Waals surface area (Å²) in [5.74, 6) is 1.81. The average Bonchev–Trinajstić information content (AvgIpc) is 3.31. The van der Waals surface area contributed by atoms with Crippen molar-refractivity contribution < 1.29 is 0 Å². The van der Waals surface area contributed by atoms with Gasteiger partial charge in [-0.3, -0.25) is 0 Å². The lowest BCUT2D eigenvalue weighted by Crippen LogP contribution is -2.00. The minimum atomic E-state index is 0.583. The molecule has 3 aromatic heterocycles. The maximum atomic E-state index is 5.31. The molecule has 5 heteroatoms. The third-order valence-electron chi connectivity index (χ3n) is 10.8. The second kappa shape index (κ2) is 14.0. The van der Waals surface area contributed by atoms with E-state index in [1.54, 1.807) is 0 Å². The van der Waals surface area contributed by atoms with E-state index in [4.69, 9.17) is 24.9 Å². The Balaban J connectivity index is 1.22. The molecule has 5 nitrogen and oxygen atoms in total. The lowest BCUT2D eigenvalue weighted by Gasteiger charge is -2.17. The highest BCUT2D eigenvalue weighted by Crippen LogP contribution is 2.43. The van der Waals surface area contributed by atoms with Crippen LogP contribution in [0.25, 0.3) is 111 Å². The van der Waals surface area contributed by atoms with Crippen molar-refractivity contribution >= 4 is 43.4 Å². The maximum Gasteiger partial charge on any atom is 0.164 e. The van der Waals surface area contributed by atoms with E-state index in [2.05, 4.69) is 127 Å². The minimum Gasteiger partial charge on any atom is -0.248 e. The minimum absolute atomic E-state index is 0.583. The van der Waals surface area contributed by atoms with Gasteiger partial charge >= 0.3 is 0 Å². The fourth-order valence-electron chi connectivity index (χ4n) is 8.09. The molecular weight excluding hydrogens is 707 g/mol. The van der Waals surface area contributed by atoms with Gasteiger partial charge in [0.15, 0.2) is 17.5 Å². The normalized spacial score (nSPS) is 11.4. The Labute approximate surface area is 335 Å². The predicted molar refractivity (Wildman–Crippen MR) is 238 cm³/mol. The van der Waals surface area contributed by atoms with E-state index in [9.17, 15) is 0 Å². The van der Waals surface area contributed by atoms with Gasteiger partial charge in [-0.05, 0) is 64.4 Å². The number of aromatic nitrogens is 5. The second-order valence-corrected chi connectivity index (χ2v) is 14.5. The standard InChI is InChI=1S/C53H33N5/c1-4-17-35(18-5-1)50-45-33-44(41-23-11-12-24-42(41)49(45)43-25-13-15-27-48(43)55-50)38-30-39(47-29-28-34-16-10-14-26-46(34)54-47)32-40(31-38)53-57-51(36-19-6-2-7-20-36)56-52(58-53)37-21-8-3-9-22-37/h1-33H. The van der Waals surface area contributed by atoms with E-state index in [1.165, 1.54) is 10.8 Å². The van der Waals surface area contributed by atoms with Gasteiger partial charge in [0.25, 0.3) is 0 Å². The molecule has 11 rings (SSSR count). The topological polar surface area (TPSA) is 64.5 Å². The van der Waals surface area contributed by atoms with Gasteiger partial charge in [0, 0.05) is 49.4 Å². The number of nitrogens with zero attached hydrogens (tertiary/aromatic N) is 5. The lowest BCUT2D eigenvalue weighted by atomic mass is 9.88. The van der Waals surface area contributed by atoms with Crippen LogP contribution in [0.15, 0.2) is 200 Å². The molecule has 0 unspecified atom stereocenters. The molecule has 0 saturated carbocycles. The van der Waals surface area contributed by atoms with E-state index < -0.39 is 0 Å². The first kappa shape index (κ1) is 33.4. The smallest absolute Gasteiger partial charge is 0.164 e. The summed E-state index contributed by atoms with van der Waals surface area (Å²) in [4.78, 5) is 25.8. The van der Waals surface area contributed by atoms with E-state index in [1.807, 2.05) is 72.8 Å². The molecule has 0 spiro atoms. The van der Waals surface area contributed by atoms with Crippen molar-refractivity contribution in [3.63, 3.8) is 0 Å². The number of rotatable bonds is 6. The molecule has 0 aliphatic rings. The SMILES string of the molecule is c1ccc(-c2nc(-c3ccccc3)nc(-c3cc(-c4ccc5ccccc5n4)cc(-c4cc5c(-c6ccccc6)nc6ccccc6c5c5ccccc45)c3)n2)cc1. The quantitative estimate of drug-likeness (QED) is 0.159. The van der Waals surface area contributed by atoms with E-state index in [0.29, 0.717) is 17.5 Å². The molecular formula is C53H33N5. The molecule has 0 bridgehead atoms. The van der Waals surface area contributed by atoms with Gasteiger partial charge in [0.05, 0.1) is 22.4 Å². The zero-order chi connectivity index (χ0) is 38.4. The van der Waals surface area contributed by atoms with Gasteiger partial charge in [0.1, 0.15) is 0 Å². The summed E-state index contributed by atoms with van der Waals surface area (Å²) in [5, 5.41) is 6.81. The van der Waals surface area contributed by atoms with Crippen LogP contribution >= 0.6 is 0 Å². The molecule has 0 radical (unpaired) electrons. The Hall–Kier alpha value is -7.89. The zero-order valence-electron chi connectivity index (χ0n) is 31.3. The molecule has 0 aliphatic heterocycles. The van der Waals surface area contributed by atoms with Gasteiger partial charge in [-0.1, -0.05) is 158 Å². The molecule has 270 valence electrons. The first-order chi connectivity index (χ1) is 28.7. The number of fused-ring (bicyclic) bond motifs is 6. The molecule has 0 fully saturated rings. The largest absolute Gasteiger partial charge is 0.248 e. The highest BCUT2D eigenvalue weighted by molar-refractivity contribution is 6.25. The number of para-hydroxylation sites is 2. The number of hydrogen-bond donors (Lipinski definition) is 0. The molecule has 8 aromatic carbocycles. The molecule has 0 saturated heterocycles. The van der Waals surface area contributed by atoms with Gasteiger partial charge in [-0.25, -0.2) is 24.9 Å². The Kier molecular flexibility index (Phi) is 8.07. The Morgan fingerprint density at radius 1 is 0.276 bits per heavy atom. The van der Waals surface area contributed by atoms with Crippen molar-refractivity contribution in [3.05, 3.63) is 200 Å². The van der Waals surface area contributed by atoms with Crippen molar-refractivity contribution in [2.24, 2.45) is 0 Å². The average molecular weight is 740 g/mol. The van der Waals surface area contributed by atoms with Crippen molar-refractivity contribution in [1.82, 2.24) is 24.9 Å². The van der Waals surface area contributed by atoms with Crippen molar-refractivity contribution in [2.45, 2.75) is 0 Å². The molecule has 0 aliphatic carbocycles. The van der Waals surface area contributed by atoms with Crippen LogP contribution in [0, 0.1) is 0 Å². The summed E-state index contributed by atoms with van der Waals surface area (Å²) >= 11 is 0. The molecule has 0 atom stereocenters. The predicted octanol–water partition coefficient (Wildman–Crippen LogP) is 13.3. The number of benzene rings is 8. The highest BCUT2D eigenvalue weighted by Gasteiger charge is 2.20. The molecule has 3 heterocycles. The van der Waals surface area contributed by atoms with Gasteiger partial charge in [-0.15, -0.1) is 0 Å². The Morgan fingerprint density at radius 3 is 1.48 bits per heavy atom. The number of pyridine rings is 2. The third-order valence-corrected chi connectivity index (χ3v) is 10.8. The number of hydrogen-bond acceptors (Lipinski definition) is 5. The van der Waals surface area contributed by atoms with Crippen LogP contribution in [-0.4, -0.2) is 24.9 Å². The van der Waals surface area contributed by atoms with Crippen LogP contribution in [0.5, 0.6) is 0 Å². The summed E-state index contributed by atoms with van der Waals surface area (Å²) in [6.07, 6.45) is 0. The molecule has 0 amide bonds. The lowest BCUT2D eigenvalue weighted by molar-refractivity contribution is 1.07. The summed E-state index contributed by atoms with van der Waals surface area (Å²) in [6.45, 7) is 0. The van der Waals surface area contributed by atoms with Gasteiger partial charge < -0.3 is 0 Å². The monoisotopic (exact) mass is 739 g/mol. The second-order valence-electron chi connectivity index (χ2n) is 14.5. The third kappa shape index (κ3) is 5.94. The first-order valence-electron chi connectivity index (χ1n) is 19.4. The fraction of sp³-hybridized carbons (Fsp3) is 0. The van der Waals surface area contributed by atoms with Crippen LogP contribution in [-0.2, 0) is 0 Å². The van der Waals surface area contributed by atoms with Gasteiger partial charge in [-0.2, -0.15) is 0 Å². The molecule has 58 heavy (non-hydrogen) atoms. The highest BCUT2D eigenvalue weighted by atomic mass is 15.0. The van der Waals surface area contributed by atoms with Crippen LogP contribution in [0.1, 0.15) is 0 Å². The van der Waals surface area contributed by atoms with Crippen LogP contribution in [0.3, 0.4) is 0 Å². The zero-order valence-corrected chi connectivity index (χ0v) is 31.3. The maximum absolute atomic E-state index is 5.31. The molecule has 11 aromatic rings. The van der Waals surface area contributed by atoms with E-state index >= 15 is 0 Å². The first-order valence-corrected chi connectivity index (χ1v) is 19.4. The van der Waals surface area contributed by atoms with Crippen molar-refractivity contribution in [3.8, 4) is 67.8 Å². The summed E-state index contributed by atoms with van der Waals surface area (Å²) in [7, 11) is 0. The van der Waals surface area contributed by atoms with Crippen molar-refractivity contribution in [1.29, 1.82) is 0 Å². The Morgan fingerprint density at radius 2 is 0.793 bits per heavy atom. The van der Waals surface area contributed by atoms with Crippen molar-refractivity contribution in [2.75, 3.05) is 0 Å². The van der Waals surface area contributed by atoms with Crippen LogP contribution in [0.4, 0.5) is 0 Å².